The molecule has 0 atom stereocenters. The molecule has 3 rings (SSSR count). The predicted octanol–water partition coefficient (Wildman–Crippen LogP) is 3.39. The highest BCUT2D eigenvalue weighted by Crippen LogP contribution is 2.20. The molecule has 124 valence electrons. The van der Waals surface area contributed by atoms with Crippen molar-refractivity contribution >= 4 is 16.8 Å². The Bertz CT molecular complexity index is 852. The number of H-pyrrole nitrogens is 1. The molecule has 0 saturated carbocycles. The normalized spacial score (nSPS) is 10.8. The van der Waals surface area contributed by atoms with Gasteiger partial charge in [0.2, 0.25) is 5.91 Å². The largest absolute Gasteiger partial charge is 0.496 e. The molecule has 2 aromatic carbocycles. The van der Waals surface area contributed by atoms with E-state index in [0.29, 0.717) is 13.0 Å². The Morgan fingerprint density at radius 2 is 2.00 bits per heavy atom. The zero-order valence-corrected chi connectivity index (χ0v) is 14.1. The van der Waals surface area contributed by atoms with E-state index in [2.05, 4.69) is 23.3 Å². The number of amides is 1. The van der Waals surface area contributed by atoms with Gasteiger partial charge in [0.05, 0.1) is 13.5 Å². The minimum absolute atomic E-state index is 0.0337. The van der Waals surface area contributed by atoms with Gasteiger partial charge >= 0.3 is 0 Å². The lowest BCUT2D eigenvalue weighted by Crippen LogP contribution is -2.27. The number of nitrogens with one attached hydrogen (secondary N) is 2. The average Bonchev–Trinajstić information content (AvgIpc) is 2.98. The molecule has 0 aliphatic carbocycles. The van der Waals surface area contributed by atoms with Crippen molar-refractivity contribution in [1.29, 1.82) is 0 Å². The number of carbonyl (C=O) groups is 1. The monoisotopic (exact) mass is 322 g/mol. The van der Waals surface area contributed by atoms with Gasteiger partial charge in [0.1, 0.15) is 5.75 Å². The zero-order chi connectivity index (χ0) is 16.9. The number of carbonyl (C=O) groups excluding carboxylic acids is 1. The van der Waals surface area contributed by atoms with Gasteiger partial charge in [0.25, 0.3) is 0 Å². The fourth-order valence-corrected chi connectivity index (χ4v) is 2.95. The quantitative estimate of drug-likeness (QED) is 0.731. The van der Waals surface area contributed by atoms with Crippen molar-refractivity contribution in [3.63, 3.8) is 0 Å². The summed E-state index contributed by atoms with van der Waals surface area (Å²) in [5, 5.41) is 4.10. The zero-order valence-electron chi connectivity index (χ0n) is 14.1. The van der Waals surface area contributed by atoms with Crippen LogP contribution in [0, 0.1) is 6.92 Å². The van der Waals surface area contributed by atoms with Crippen LogP contribution in [0.5, 0.6) is 5.75 Å². The van der Waals surface area contributed by atoms with Crippen LogP contribution in [0.2, 0.25) is 0 Å². The van der Waals surface area contributed by atoms with E-state index in [1.807, 2.05) is 42.6 Å². The second-order valence-corrected chi connectivity index (χ2v) is 5.95. The number of ether oxygens (including phenoxy) is 1. The smallest absolute Gasteiger partial charge is 0.224 e. The maximum Gasteiger partial charge on any atom is 0.224 e. The number of methoxy groups -OCH3 is 1. The van der Waals surface area contributed by atoms with Crippen molar-refractivity contribution < 1.29 is 9.53 Å². The topological polar surface area (TPSA) is 54.1 Å². The van der Waals surface area contributed by atoms with E-state index in [0.717, 1.165) is 34.2 Å². The Labute approximate surface area is 141 Å². The first-order valence-electron chi connectivity index (χ1n) is 8.12. The van der Waals surface area contributed by atoms with Crippen LogP contribution in [-0.2, 0) is 17.6 Å². The molecule has 0 spiro atoms. The van der Waals surface area contributed by atoms with E-state index < -0.39 is 0 Å². The van der Waals surface area contributed by atoms with E-state index >= 15 is 0 Å². The van der Waals surface area contributed by atoms with Crippen LogP contribution in [-0.4, -0.2) is 24.5 Å². The first-order chi connectivity index (χ1) is 11.7. The molecule has 0 aliphatic rings. The van der Waals surface area contributed by atoms with Crippen LogP contribution in [0.4, 0.5) is 0 Å². The molecule has 24 heavy (non-hydrogen) atoms. The minimum atomic E-state index is 0.0337. The number of para-hydroxylation sites is 1. The third-order valence-corrected chi connectivity index (χ3v) is 4.18. The van der Waals surface area contributed by atoms with Gasteiger partial charge in [-0.15, -0.1) is 0 Å². The molecule has 4 nitrogen and oxygen atoms in total. The van der Waals surface area contributed by atoms with E-state index in [1.165, 1.54) is 5.56 Å². The van der Waals surface area contributed by atoms with Gasteiger partial charge in [-0.05, 0) is 36.6 Å². The standard InChI is InChI=1S/C20H22N2O2/c1-14-7-8-19(24-2)15(11-14)9-10-21-20(23)12-16-13-22-18-6-4-3-5-17(16)18/h3-8,11,13,22H,9-10,12H2,1-2H3,(H,21,23). The Morgan fingerprint density at radius 3 is 2.83 bits per heavy atom. The van der Waals surface area contributed by atoms with Crippen molar-refractivity contribution in [3.05, 3.63) is 65.4 Å². The highest BCUT2D eigenvalue weighted by Gasteiger charge is 2.09. The summed E-state index contributed by atoms with van der Waals surface area (Å²) in [6, 6.07) is 14.1. The SMILES string of the molecule is COc1ccc(C)cc1CCNC(=O)Cc1c[nH]c2ccccc12. The Balaban J connectivity index is 1.57. The van der Waals surface area contributed by atoms with Crippen LogP contribution < -0.4 is 10.1 Å². The summed E-state index contributed by atoms with van der Waals surface area (Å²) in [6.07, 6.45) is 3.05. The van der Waals surface area contributed by atoms with Gasteiger partial charge in [0.15, 0.2) is 0 Å². The molecule has 0 saturated heterocycles. The fraction of sp³-hybridized carbons (Fsp3) is 0.250. The second kappa shape index (κ2) is 7.21. The molecule has 0 aliphatic heterocycles. The number of rotatable bonds is 6. The van der Waals surface area contributed by atoms with Crippen LogP contribution in [0.15, 0.2) is 48.7 Å². The van der Waals surface area contributed by atoms with Crippen molar-refractivity contribution in [2.45, 2.75) is 19.8 Å². The third-order valence-electron chi connectivity index (χ3n) is 4.18. The van der Waals surface area contributed by atoms with Crippen molar-refractivity contribution in [2.75, 3.05) is 13.7 Å². The number of aromatic amines is 1. The lowest BCUT2D eigenvalue weighted by molar-refractivity contribution is -0.120. The summed E-state index contributed by atoms with van der Waals surface area (Å²) < 4.78 is 5.37. The van der Waals surface area contributed by atoms with Gasteiger partial charge in [-0.25, -0.2) is 0 Å². The van der Waals surface area contributed by atoms with E-state index in [9.17, 15) is 4.79 Å². The molecule has 2 N–H and O–H groups in total. The van der Waals surface area contributed by atoms with Gasteiger partial charge in [-0.1, -0.05) is 35.9 Å². The van der Waals surface area contributed by atoms with Gasteiger partial charge in [-0.3, -0.25) is 4.79 Å². The average molecular weight is 322 g/mol. The Hall–Kier alpha value is -2.75. The van der Waals surface area contributed by atoms with Crippen LogP contribution in [0.25, 0.3) is 10.9 Å². The minimum Gasteiger partial charge on any atom is -0.496 e. The van der Waals surface area contributed by atoms with Gasteiger partial charge in [-0.2, -0.15) is 0 Å². The number of hydrogen-bond donors (Lipinski definition) is 2. The molecule has 0 bridgehead atoms. The lowest BCUT2D eigenvalue weighted by atomic mass is 10.1. The summed E-state index contributed by atoms with van der Waals surface area (Å²) in [5.41, 5.74) is 4.39. The molecule has 0 fully saturated rings. The van der Waals surface area contributed by atoms with Crippen LogP contribution in [0.3, 0.4) is 0 Å². The molecule has 4 heteroatoms. The van der Waals surface area contributed by atoms with Crippen molar-refractivity contribution in [2.24, 2.45) is 0 Å². The maximum atomic E-state index is 12.2. The fourth-order valence-electron chi connectivity index (χ4n) is 2.95. The highest BCUT2D eigenvalue weighted by atomic mass is 16.5. The van der Waals surface area contributed by atoms with E-state index in [1.54, 1.807) is 7.11 Å². The number of fused-ring (bicyclic) bond motifs is 1. The van der Waals surface area contributed by atoms with Crippen molar-refractivity contribution in [3.8, 4) is 5.75 Å². The number of benzene rings is 2. The molecule has 1 amide bonds. The third kappa shape index (κ3) is 3.59. The number of aromatic nitrogens is 1. The van der Waals surface area contributed by atoms with Gasteiger partial charge < -0.3 is 15.0 Å². The molecule has 1 aromatic heterocycles. The van der Waals surface area contributed by atoms with Gasteiger partial charge in [0, 0.05) is 23.6 Å². The molecule has 0 radical (unpaired) electrons. The summed E-state index contributed by atoms with van der Waals surface area (Å²) in [4.78, 5) is 15.4. The van der Waals surface area contributed by atoms with Crippen molar-refractivity contribution in [1.82, 2.24) is 10.3 Å². The van der Waals surface area contributed by atoms with Crippen LogP contribution >= 0.6 is 0 Å². The molecule has 0 unspecified atom stereocenters. The molecular weight excluding hydrogens is 300 g/mol. The van der Waals surface area contributed by atoms with Crippen LogP contribution in [0.1, 0.15) is 16.7 Å². The lowest BCUT2D eigenvalue weighted by Gasteiger charge is -2.10. The molecule has 1 heterocycles. The molecular formula is C20H22N2O2. The summed E-state index contributed by atoms with van der Waals surface area (Å²) >= 11 is 0. The first kappa shape index (κ1) is 16.1. The molecule has 3 aromatic rings. The summed E-state index contributed by atoms with van der Waals surface area (Å²) in [6.45, 7) is 2.65. The number of aryl methyl sites for hydroxylation is 1. The summed E-state index contributed by atoms with van der Waals surface area (Å²) in [7, 11) is 1.67. The maximum absolute atomic E-state index is 12.2. The Kier molecular flexibility index (Phi) is 4.85. The van der Waals surface area contributed by atoms with E-state index in [4.69, 9.17) is 4.74 Å². The second-order valence-electron chi connectivity index (χ2n) is 5.95. The highest BCUT2D eigenvalue weighted by molar-refractivity contribution is 5.88. The number of hydrogen-bond acceptors (Lipinski definition) is 2. The van der Waals surface area contributed by atoms with E-state index in [-0.39, 0.29) is 5.91 Å². The summed E-state index contributed by atoms with van der Waals surface area (Å²) in [5.74, 6) is 0.901. The Morgan fingerprint density at radius 1 is 1.17 bits per heavy atom. The first-order valence-corrected chi connectivity index (χ1v) is 8.12. The predicted molar refractivity (Wildman–Crippen MR) is 96.4 cm³/mol.